The molecule has 4 heterocycles. The molecule has 1 fully saturated rings. The van der Waals surface area contributed by atoms with Gasteiger partial charge in [0, 0.05) is 25.1 Å². The average Bonchev–Trinajstić information content (AvgIpc) is 3.48. The lowest BCUT2D eigenvalue weighted by Gasteiger charge is -2.30. The van der Waals surface area contributed by atoms with Gasteiger partial charge in [0.25, 0.3) is 0 Å². The first-order valence-corrected chi connectivity index (χ1v) is 11.1. The number of nitrogens with two attached hydrogens (primary N) is 1. The summed E-state index contributed by atoms with van der Waals surface area (Å²) in [7, 11) is 0. The first kappa shape index (κ1) is 20.5. The molecule has 2 aliphatic heterocycles. The van der Waals surface area contributed by atoms with E-state index in [4.69, 9.17) is 15.1 Å². The molecule has 0 amide bonds. The summed E-state index contributed by atoms with van der Waals surface area (Å²) >= 11 is 0. The van der Waals surface area contributed by atoms with E-state index in [2.05, 4.69) is 39.5 Å². The lowest BCUT2D eigenvalue weighted by molar-refractivity contribution is -0.117. The van der Waals surface area contributed by atoms with E-state index < -0.39 is 0 Å². The highest BCUT2D eigenvalue weighted by Crippen LogP contribution is 2.30. The highest BCUT2D eigenvalue weighted by Gasteiger charge is 2.27. The van der Waals surface area contributed by atoms with Gasteiger partial charge in [-0.25, -0.2) is 0 Å². The topological polar surface area (TPSA) is 101 Å². The van der Waals surface area contributed by atoms with Crippen LogP contribution in [0.5, 0.6) is 0 Å². The summed E-state index contributed by atoms with van der Waals surface area (Å²) in [6.07, 6.45) is 4.46. The number of Topliss-reactive ketones (excluding diaryl/α,β-unsaturated/α-hetero) is 1. The molecule has 0 spiro atoms. The Morgan fingerprint density at radius 1 is 1.06 bits per heavy atom. The van der Waals surface area contributed by atoms with Gasteiger partial charge in [-0.15, -0.1) is 0 Å². The van der Waals surface area contributed by atoms with E-state index in [-0.39, 0.29) is 12.2 Å². The smallest absolute Gasteiger partial charge is 0.227 e. The first-order valence-electron chi connectivity index (χ1n) is 11.1. The van der Waals surface area contributed by atoms with Crippen molar-refractivity contribution in [1.82, 2.24) is 14.9 Å². The van der Waals surface area contributed by atoms with Crippen molar-refractivity contribution in [1.29, 1.82) is 0 Å². The third-order valence-corrected chi connectivity index (χ3v) is 6.03. The van der Waals surface area contributed by atoms with Crippen molar-refractivity contribution in [2.75, 3.05) is 35.6 Å². The fourth-order valence-corrected chi connectivity index (χ4v) is 4.50. The third-order valence-electron chi connectivity index (χ3n) is 6.03. The lowest BCUT2D eigenvalue weighted by atomic mass is 10.0. The van der Waals surface area contributed by atoms with E-state index in [9.17, 15) is 4.79 Å². The number of anilines is 3. The third kappa shape index (κ3) is 4.60. The predicted octanol–water partition coefficient (Wildman–Crippen LogP) is 2.99. The number of carbonyl (C=O) groups excluding carboxylic acids is 1. The molecule has 0 aliphatic carbocycles. The highest BCUT2D eigenvalue weighted by molar-refractivity contribution is 5.91. The van der Waals surface area contributed by atoms with Crippen LogP contribution in [0.3, 0.4) is 0 Å². The van der Waals surface area contributed by atoms with Crippen molar-refractivity contribution < 1.29 is 9.21 Å². The summed E-state index contributed by atoms with van der Waals surface area (Å²) in [5.74, 6) is 2.41. The maximum absolute atomic E-state index is 12.5. The van der Waals surface area contributed by atoms with E-state index in [0.29, 0.717) is 37.0 Å². The van der Waals surface area contributed by atoms with Crippen LogP contribution < -0.4 is 16.0 Å². The van der Waals surface area contributed by atoms with Crippen molar-refractivity contribution in [2.45, 2.75) is 38.9 Å². The molecule has 1 saturated heterocycles. The number of carbonyl (C=O) groups is 1. The molecule has 0 bridgehead atoms. The number of nitrogens with one attached hydrogen (secondary N) is 1. The van der Waals surface area contributed by atoms with Gasteiger partial charge in [-0.2, -0.15) is 9.97 Å². The van der Waals surface area contributed by atoms with E-state index in [1.165, 1.54) is 31.5 Å². The van der Waals surface area contributed by atoms with E-state index in [1.54, 1.807) is 6.26 Å². The molecule has 1 aromatic carbocycles. The summed E-state index contributed by atoms with van der Waals surface area (Å²) in [5.41, 5.74) is 9.39. The largest absolute Gasteiger partial charge is 0.467 e. The molecule has 3 N–H and O–H groups in total. The van der Waals surface area contributed by atoms with Gasteiger partial charge in [0.1, 0.15) is 17.4 Å². The normalized spacial score (nSPS) is 16.4. The molecule has 5 rings (SSSR count). The van der Waals surface area contributed by atoms with Gasteiger partial charge in [0.05, 0.1) is 19.4 Å². The molecule has 0 unspecified atom stereocenters. The van der Waals surface area contributed by atoms with Crippen LogP contribution >= 0.6 is 0 Å². The maximum atomic E-state index is 12.5. The fraction of sp³-hybridized carbons (Fsp3) is 0.375. The van der Waals surface area contributed by atoms with Crippen molar-refractivity contribution in [3.8, 4) is 0 Å². The molecule has 166 valence electrons. The fourth-order valence-electron chi connectivity index (χ4n) is 4.50. The quantitative estimate of drug-likeness (QED) is 0.588. The molecule has 8 nitrogen and oxygen atoms in total. The van der Waals surface area contributed by atoms with Gasteiger partial charge in [-0.1, -0.05) is 24.3 Å². The van der Waals surface area contributed by atoms with Crippen LogP contribution in [-0.2, 0) is 30.8 Å². The molecular formula is C24H28N6O2. The number of hydrogen-bond acceptors (Lipinski definition) is 8. The van der Waals surface area contributed by atoms with Crippen molar-refractivity contribution in [3.63, 3.8) is 0 Å². The Morgan fingerprint density at radius 3 is 2.66 bits per heavy atom. The minimum Gasteiger partial charge on any atom is -0.467 e. The Bertz CT molecular complexity index is 1090. The number of furan rings is 1. The van der Waals surface area contributed by atoms with Crippen LogP contribution in [-0.4, -0.2) is 40.3 Å². The Hall–Kier alpha value is -3.39. The zero-order valence-corrected chi connectivity index (χ0v) is 18.1. The number of benzene rings is 1. The zero-order valence-electron chi connectivity index (χ0n) is 18.1. The number of aromatic nitrogens is 2. The summed E-state index contributed by atoms with van der Waals surface area (Å²) in [4.78, 5) is 26.0. The van der Waals surface area contributed by atoms with Gasteiger partial charge >= 0.3 is 0 Å². The Balaban J connectivity index is 1.36. The Labute approximate surface area is 187 Å². The number of hydrogen-bond donors (Lipinski definition) is 2. The SMILES string of the molecule is Nc1nc(NCc2ccco2)nc2c1CC(=O)CN2Cc1cccc(CN2CCCC2)c1. The number of likely N-dealkylation sites (tertiary alicyclic amines) is 1. The minimum atomic E-state index is 0.123. The van der Waals surface area contributed by atoms with Gasteiger partial charge in [0.15, 0.2) is 5.78 Å². The molecule has 2 aliphatic rings. The van der Waals surface area contributed by atoms with Crippen LogP contribution in [0.25, 0.3) is 0 Å². The summed E-state index contributed by atoms with van der Waals surface area (Å²) < 4.78 is 5.36. The van der Waals surface area contributed by atoms with Crippen LogP contribution in [0.15, 0.2) is 47.1 Å². The minimum absolute atomic E-state index is 0.123. The van der Waals surface area contributed by atoms with E-state index in [1.807, 2.05) is 17.0 Å². The van der Waals surface area contributed by atoms with Crippen LogP contribution in [0.1, 0.15) is 35.3 Å². The number of nitrogen functional groups attached to an aromatic ring is 1. The van der Waals surface area contributed by atoms with Gasteiger partial charge < -0.3 is 20.4 Å². The number of ketones is 1. The molecule has 3 aromatic rings. The summed E-state index contributed by atoms with van der Waals surface area (Å²) in [6.45, 7) is 4.69. The van der Waals surface area contributed by atoms with Crippen LogP contribution in [0.2, 0.25) is 0 Å². The summed E-state index contributed by atoms with van der Waals surface area (Å²) in [6, 6.07) is 12.3. The van der Waals surface area contributed by atoms with Gasteiger partial charge in [0.2, 0.25) is 5.95 Å². The molecule has 32 heavy (non-hydrogen) atoms. The second-order valence-electron chi connectivity index (χ2n) is 8.54. The van der Waals surface area contributed by atoms with E-state index >= 15 is 0 Å². The number of nitrogens with zero attached hydrogens (tertiary/aromatic N) is 4. The number of fused-ring (bicyclic) bond motifs is 1. The van der Waals surface area contributed by atoms with Gasteiger partial charge in [-0.05, 0) is 49.2 Å². The van der Waals surface area contributed by atoms with Crippen molar-refractivity contribution >= 4 is 23.4 Å². The zero-order chi connectivity index (χ0) is 21.9. The Kier molecular flexibility index (Phi) is 5.77. The maximum Gasteiger partial charge on any atom is 0.227 e. The molecule has 0 atom stereocenters. The second-order valence-corrected chi connectivity index (χ2v) is 8.54. The molecule has 0 radical (unpaired) electrons. The number of rotatable bonds is 7. The lowest BCUT2D eigenvalue weighted by Crippen LogP contribution is -2.37. The second kappa shape index (κ2) is 9.00. The predicted molar refractivity (Wildman–Crippen MR) is 123 cm³/mol. The molecule has 2 aromatic heterocycles. The van der Waals surface area contributed by atoms with E-state index in [0.717, 1.165) is 23.7 Å². The standard InChI is InChI=1S/C24H28N6O2/c25-22-21-12-19(31)16-30(23(21)28-24(27-22)26-13-20-7-4-10-32-20)15-18-6-3-5-17(11-18)14-29-8-1-2-9-29/h3-7,10-11H,1-2,8-9,12-16H2,(H3,25,26,27,28). The summed E-state index contributed by atoms with van der Waals surface area (Å²) in [5, 5.41) is 3.17. The first-order chi connectivity index (χ1) is 15.6. The average molecular weight is 433 g/mol. The van der Waals surface area contributed by atoms with Crippen molar-refractivity contribution in [3.05, 3.63) is 65.1 Å². The van der Waals surface area contributed by atoms with Crippen molar-refractivity contribution in [2.24, 2.45) is 0 Å². The highest BCUT2D eigenvalue weighted by atomic mass is 16.3. The molecule has 8 heteroatoms. The van der Waals surface area contributed by atoms with Crippen LogP contribution in [0.4, 0.5) is 17.6 Å². The van der Waals surface area contributed by atoms with Crippen LogP contribution in [0, 0.1) is 0 Å². The molecular weight excluding hydrogens is 404 g/mol. The Morgan fingerprint density at radius 2 is 1.88 bits per heavy atom. The molecule has 0 saturated carbocycles. The van der Waals surface area contributed by atoms with Gasteiger partial charge in [-0.3, -0.25) is 9.69 Å². The monoisotopic (exact) mass is 432 g/mol.